The number of hydrogen-bond donors (Lipinski definition) is 1. The maximum Gasteiger partial charge on any atom is 0.0737 e. The summed E-state index contributed by atoms with van der Waals surface area (Å²) in [6.07, 6.45) is 3.80. The fourth-order valence-corrected chi connectivity index (χ4v) is 4.10. The molecule has 0 atom stereocenters. The number of nitrogen functional groups attached to an aromatic ring is 1. The number of benzene rings is 1. The summed E-state index contributed by atoms with van der Waals surface area (Å²) >= 11 is 2.36. The Hall–Kier alpha value is -0.840. The van der Waals surface area contributed by atoms with Crippen LogP contribution in [-0.2, 0) is 6.42 Å². The van der Waals surface area contributed by atoms with Crippen molar-refractivity contribution in [1.29, 1.82) is 0 Å². The number of nitrogens with two attached hydrogens (primary N) is 1. The Kier molecular flexibility index (Phi) is 1.99. The van der Waals surface area contributed by atoms with Crippen molar-refractivity contribution in [2.45, 2.75) is 25.2 Å². The third kappa shape index (κ3) is 1.29. The van der Waals surface area contributed by atoms with Gasteiger partial charge in [0, 0.05) is 26.3 Å². The molecule has 1 heterocycles. The molecule has 0 spiro atoms. The van der Waals surface area contributed by atoms with E-state index in [-0.39, 0.29) is 0 Å². The van der Waals surface area contributed by atoms with Crippen LogP contribution in [0.2, 0.25) is 0 Å². The second-order valence-corrected chi connectivity index (χ2v) is 6.42. The molecule has 1 fully saturated rings. The highest BCUT2D eigenvalue weighted by atomic mass is 127. The number of pyridine rings is 1. The summed E-state index contributed by atoms with van der Waals surface area (Å²) in [4.78, 5) is 4.87. The zero-order valence-electron chi connectivity index (χ0n) is 9.41. The Morgan fingerprint density at radius 2 is 2.12 bits per heavy atom. The lowest BCUT2D eigenvalue weighted by atomic mass is 9.64. The molecule has 1 saturated carbocycles. The van der Waals surface area contributed by atoms with Gasteiger partial charge >= 0.3 is 0 Å². The minimum atomic E-state index is 0.688. The average Bonchev–Trinajstić information content (AvgIpc) is 2.27. The smallest absolute Gasteiger partial charge is 0.0737 e. The van der Waals surface area contributed by atoms with E-state index in [1.54, 1.807) is 0 Å². The van der Waals surface area contributed by atoms with Crippen LogP contribution in [0.5, 0.6) is 0 Å². The summed E-state index contributed by atoms with van der Waals surface area (Å²) in [5.41, 5.74) is 11.1. The van der Waals surface area contributed by atoms with Gasteiger partial charge in [-0.25, -0.2) is 0 Å². The summed E-state index contributed by atoms with van der Waals surface area (Å²) in [5, 5.41) is 1.16. The van der Waals surface area contributed by atoms with Crippen molar-refractivity contribution in [3.8, 4) is 0 Å². The Morgan fingerprint density at radius 1 is 1.29 bits per heavy atom. The predicted octanol–water partition coefficient (Wildman–Crippen LogP) is 3.47. The number of rotatable bonds is 0. The Bertz CT molecular complexity index is 630. The Balaban J connectivity index is 2.10. The van der Waals surface area contributed by atoms with E-state index in [1.807, 2.05) is 0 Å². The molecule has 3 heteroatoms. The van der Waals surface area contributed by atoms with E-state index in [1.165, 1.54) is 27.7 Å². The van der Waals surface area contributed by atoms with Gasteiger partial charge in [-0.2, -0.15) is 0 Å². The normalized spacial score (nSPS) is 25.5. The minimum Gasteiger partial charge on any atom is -0.398 e. The third-order valence-electron chi connectivity index (χ3n) is 4.25. The van der Waals surface area contributed by atoms with Crippen LogP contribution < -0.4 is 5.73 Å². The van der Waals surface area contributed by atoms with Gasteiger partial charge in [0.25, 0.3) is 0 Å². The van der Waals surface area contributed by atoms with E-state index < -0.39 is 0 Å². The van der Waals surface area contributed by atoms with E-state index in [4.69, 9.17) is 10.7 Å². The van der Waals surface area contributed by atoms with E-state index in [2.05, 4.69) is 40.8 Å². The molecule has 5 rings (SSSR count). The van der Waals surface area contributed by atoms with Crippen LogP contribution in [0.1, 0.15) is 30.0 Å². The second kappa shape index (κ2) is 3.34. The highest BCUT2D eigenvalue weighted by molar-refractivity contribution is 14.1. The highest BCUT2D eigenvalue weighted by Crippen LogP contribution is 2.51. The molecular formula is C14H13IN2. The molecule has 0 unspecified atom stereocenters. The molecule has 1 aromatic carbocycles. The number of halogens is 1. The molecule has 0 radical (unpaired) electrons. The monoisotopic (exact) mass is 336 g/mol. The third-order valence-corrected chi connectivity index (χ3v) is 5.15. The summed E-state index contributed by atoms with van der Waals surface area (Å²) in [7, 11) is 0. The van der Waals surface area contributed by atoms with E-state index in [9.17, 15) is 0 Å². The molecule has 2 N–H and O–H groups in total. The number of anilines is 1. The van der Waals surface area contributed by atoms with Gasteiger partial charge in [0.1, 0.15) is 0 Å². The SMILES string of the molecule is Nc1c2c(nc3cccc(I)c13)C1CC(C2)C1. The first-order chi connectivity index (χ1) is 8.24. The van der Waals surface area contributed by atoms with Crippen molar-refractivity contribution < 1.29 is 0 Å². The fourth-order valence-electron chi connectivity index (χ4n) is 3.33. The van der Waals surface area contributed by atoms with Crippen LogP contribution in [0.3, 0.4) is 0 Å². The topological polar surface area (TPSA) is 38.9 Å². The van der Waals surface area contributed by atoms with Crippen LogP contribution in [0.4, 0.5) is 5.69 Å². The molecule has 3 aliphatic carbocycles. The van der Waals surface area contributed by atoms with Gasteiger partial charge in [-0.3, -0.25) is 4.98 Å². The first-order valence-corrected chi connectivity index (χ1v) is 7.18. The quantitative estimate of drug-likeness (QED) is 0.748. The van der Waals surface area contributed by atoms with Gasteiger partial charge in [-0.1, -0.05) is 6.07 Å². The van der Waals surface area contributed by atoms with Gasteiger partial charge in [0.05, 0.1) is 5.52 Å². The van der Waals surface area contributed by atoms with Gasteiger partial charge in [0.2, 0.25) is 0 Å². The Morgan fingerprint density at radius 3 is 2.94 bits per heavy atom. The lowest BCUT2D eigenvalue weighted by Gasteiger charge is -2.42. The molecule has 17 heavy (non-hydrogen) atoms. The standard InChI is InChI=1S/C14H13IN2/c15-10-2-1-3-11-12(10)13(16)9-6-7-4-8(5-7)14(9)17-11/h1-3,7-8H,4-6H2,(H2,16,17). The van der Waals surface area contributed by atoms with Gasteiger partial charge < -0.3 is 5.73 Å². The van der Waals surface area contributed by atoms with Gasteiger partial charge in [0.15, 0.2) is 0 Å². The van der Waals surface area contributed by atoms with Crippen molar-refractivity contribution in [3.63, 3.8) is 0 Å². The molecule has 2 aromatic rings. The number of aromatic nitrogens is 1. The van der Waals surface area contributed by atoms with Gasteiger partial charge in [-0.15, -0.1) is 0 Å². The molecule has 0 aliphatic heterocycles. The molecule has 0 saturated heterocycles. The zero-order valence-corrected chi connectivity index (χ0v) is 11.6. The maximum absolute atomic E-state index is 6.38. The minimum absolute atomic E-state index is 0.688. The average molecular weight is 336 g/mol. The second-order valence-electron chi connectivity index (χ2n) is 5.26. The van der Waals surface area contributed by atoms with E-state index in [0.717, 1.165) is 28.9 Å². The lowest BCUT2D eigenvalue weighted by Crippen LogP contribution is -2.32. The maximum atomic E-state index is 6.38. The number of fused-ring (bicyclic) bond motifs is 1. The molecule has 2 nitrogen and oxygen atoms in total. The van der Waals surface area contributed by atoms with Crippen molar-refractivity contribution in [2.24, 2.45) is 5.92 Å². The number of hydrogen-bond acceptors (Lipinski definition) is 2. The molecule has 0 amide bonds. The number of nitrogens with zero attached hydrogens (tertiary/aromatic N) is 1. The summed E-state index contributed by atoms with van der Waals surface area (Å²) in [5.74, 6) is 1.56. The molecule has 86 valence electrons. The highest BCUT2D eigenvalue weighted by Gasteiger charge is 2.39. The van der Waals surface area contributed by atoms with Gasteiger partial charge in [-0.05, 0) is 65.5 Å². The van der Waals surface area contributed by atoms with Crippen LogP contribution in [-0.4, -0.2) is 4.98 Å². The summed E-state index contributed by atoms with van der Waals surface area (Å²) < 4.78 is 1.21. The van der Waals surface area contributed by atoms with Crippen LogP contribution in [0.25, 0.3) is 10.9 Å². The first-order valence-electron chi connectivity index (χ1n) is 6.10. The zero-order chi connectivity index (χ0) is 11.6. The fraction of sp³-hybridized carbons (Fsp3) is 0.357. The Labute approximate surface area is 114 Å². The van der Waals surface area contributed by atoms with Crippen molar-refractivity contribution in [3.05, 3.63) is 33.0 Å². The molecule has 1 aromatic heterocycles. The van der Waals surface area contributed by atoms with E-state index >= 15 is 0 Å². The largest absolute Gasteiger partial charge is 0.398 e. The lowest BCUT2D eigenvalue weighted by molar-refractivity contribution is 0.233. The molecule has 3 aliphatic rings. The molecular weight excluding hydrogens is 323 g/mol. The van der Waals surface area contributed by atoms with Crippen LogP contribution in [0.15, 0.2) is 18.2 Å². The molecule has 2 bridgehead atoms. The first kappa shape index (κ1) is 10.1. The van der Waals surface area contributed by atoms with Crippen molar-refractivity contribution in [1.82, 2.24) is 4.98 Å². The summed E-state index contributed by atoms with van der Waals surface area (Å²) in [6, 6.07) is 6.26. The van der Waals surface area contributed by atoms with E-state index in [0.29, 0.717) is 5.92 Å². The van der Waals surface area contributed by atoms with Crippen LogP contribution in [0, 0.1) is 9.49 Å². The van der Waals surface area contributed by atoms with Crippen LogP contribution >= 0.6 is 22.6 Å². The predicted molar refractivity (Wildman–Crippen MR) is 78.0 cm³/mol. The van der Waals surface area contributed by atoms with Crippen molar-refractivity contribution >= 4 is 39.2 Å². The summed E-state index contributed by atoms with van der Waals surface area (Å²) in [6.45, 7) is 0. The van der Waals surface area contributed by atoms with Crippen molar-refractivity contribution in [2.75, 3.05) is 5.73 Å².